The first-order valence-corrected chi connectivity index (χ1v) is 10.6. The minimum atomic E-state index is -2.99. The second-order valence-electron chi connectivity index (χ2n) is 7.24. The molecule has 34 heavy (non-hydrogen) atoms. The normalized spacial score (nSPS) is 11.0. The van der Waals surface area contributed by atoms with Crippen LogP contribution in [0.5, 0.6) is 23.0 Å². The van der Waals surface area contributed by atoms with E-state index in [1.165, 1.54) is 31.4 Å². The summed E-state index contributed by atoms with van der Waals surface area (Å²) in [6.07, 6.45) is 3.02. The summed E-state index contributed by atoms with van der Waals surface area (Å²) in [7, 11) is 2.87. The van der Waals surface area contributed by atoms with Crippen LogP contribution in [0.1, 0.15) is 27.0 Å². The van der Waals surface area contributed by atoms with Gasteiger partial charge in [-0.1, -0.05) is 29.8 Å². The number of allylic oxidation sites excluding steroid dienone is 1. The number of carbonyl (C=O) groups excluding carboxylic acids is 1. The van der Waals surface area contributed by atoms with Gasteiger partial charge in [-0.15, -0.1) is 0 Å². The van der Waals surface area contributed by atoms with Crippen LogP contribution in [0.3, 0.4) is 0 Å². The molecule has 0 atom stereocenters. The highest BCUT2D eigenvalue weighted by molar-refractivity contribution is 6.32. The standard InChI is InChI=1S/C26H23ClF2O5/c1-16-4-9-23(20(27)12-16)33-15-19-13-17(6-10-22(19)31-2)5-8-21(30)18-7-11-24(34-26(28)29)25(14-18)32-3/h4-14,26H,15H2,1-3H3/b8-5+. The van der Waals surface area contributed by atoms with Crippen LogP contribution in [0.2, 0.25) is 5.02 Å². The van der Waals surface area contributed by atoms with Gasteiger partial charge in [0.1, 0.15) is 18.1 Å². The molecule has 0 fully saturated rings. The first kappa shape index (κ1) is 25.1. The van der Waals surface area contributed by atoms with Gasteiger partial charge < -0.3 is 18.9 Å². The molecule has 0 aliphatic heterocycles. The average molecular weight is 489 g/mol. The van der Waals surface area contributed by atoms with Gasteiger partial charge in [-0.05, 0) is 66.6 Å². The number of benzene rings is 3. The van der Waals surface area contributed by atoms with Crippen molar-refractivity contribution in [3.8, 4) is 23.0 Å². The molecular formula is C26H23ClF2O5. The van der Waals surface area contributed by atoms with Crippen LogP contribution in [-0.4, -0.2) is 26.6 Å². The largest absolute Gasteiger partial charge is 0.496 e. The Kier molecular flexibility index (Phi) is 8.49. The predicted molar refractivity (Wildman–Crippen MR) is 127 cm³/mol. The fourth-order valence-corrected chi connectivity index (χ4v) is 3.47. The molecular weight excluding hydrogens is 466 g/mol. The molecule has 0 spiro atoms. The molecule has 0 N–H and O–H groups in total. The maximum absolute atomic E-state index is 12.6. The topological polar surface area (TPSA) is 54.0 Å². The van der Waals surface area contributed by atoms with Gasteiger partial charge in [0.05, 0.1) is 19.2 Å². The molecule has 178 valence electrons. The molecule has 0 aliphatic rings. The highest BCUT2D eigenvalue weighted by Gasteiger charge is 2.13. The summed E-state index contributed by atoms with van der Waals surface area (Å²) in [6.45, 7) is -0.840. The molecule has 0 aromatic heterocycles. The molecule has 0 saturated carbocycles. The lowest BCUT2D eigenvalue weighted by Crippen LogP contribution is -2.04. The van der Waals surface area contributed by atoms with E-state index in [1.54, 1.807) is 31.4 Å². The van der Waals surface area contributed by atoms with E-state index in [4.69, 9.17) is 25.8 Å². The van der Waals surface area contributed by atoms with E-state index in [0.717, 1.165) is 16.7 Å². The van der Waals surface area contributed by atoms with E-state index in [1.807, 2.05) is 25.1 Å². The van der Waals surface area contributed by atoms with Crippen molar-refractivity contribution in [3.05, 3.63) is 87.9 Å². The number of halogens is 3. The molecule has 0 unspecified atom stereocenters. The summed E-state index contributed by atoms with van der Waals surface area (Å²) in [4.78, 5) is 12.6. The lowest BCUT2D eigenvalue weighted by atomic mass is 10.1. The Morgan fingerprint density at radius 3 is 2.32 bits per heavy atom. The smallest absolute Gasteiger partial charge is 0.387 e. The van der Waals surface area contributed by atoms with Crippen molar-refractivity contribution in [3.63, 3.8) is 0 Å². The Labute approximate surface area is 201 Å². The fourth-order valence-electron chi connectivity index (χ4n) is 3.18. The number of alkyl halides is 2. The zero-order chi connectivity index (χ0) is 24.7. The molecule has 0 saturated heterocycles. The van der Waals surface area contributed by atoms with E-state index < -0.39 is 6.61 Å². The van der Waals surface area contributed by atoms with Gasteiger partial charge in [0.25, 0.3) is 0 Å². The van der Waals surface area contributed by atoms with Crippen LogP contribution in [0.15, 0.2) is 60.7 Å². The summed E-state index contributed by atoms with van der Waals surface area (Å²) in [5.41, 5.74) is 2.80. The average Bonchev–Trinajstić information content (AvgIpc) is 2.82. The molecule has 0 bridgehead atoms. The van der Waals surface area contributed by atoms with Crippen LogP contribution in [-0.2, 0) is 6.61 Å². The molecule has 8 heteroatoms. The number of hydrogen-bond acceptors (Lipinski definition) is 5. The Morgan fingerprint density at radius 1 is 0.941 bits per heavy atom. The third kappa shape index (κ3) is 6.48. The third-order valence-corrected chi connectivity index (χ3v) is 5.16. The highest BCUT2D eigenvalue weighted by atomic mass is 35.5. The van der Waals surface area contributed by atoms with E-state index >= 15 is 0 Å². The van der Waals surface area contributed by atoms with E-state index in [2.05, 4.69) is 4.74 Å². The lowest BCUT2D eigenvalue weighted by molar-refractivity contribution is -0.0512. The number of aryl methyl sites for hydroxylation is 1. The number of ether oxygens (including phenoxy) is 4. The third-order valence-electron chi connectivity index (χ3n) is 4.87. The summed E-state index contributed by atoms with van der Waals surface area (Å²) in [5, 5.41) is 0.515. The lowest BCUT2D eigenvalue weighted by Gasteiger charge is -2.12. The van der Waals surface area contributed by atoms with Gasteiger partial charge in [0.15, 0.2) is 17.3 Å². The molecule has 3 aromatic carbocycles. The van der Waals surface area contributed by atoms with Crippen LogP contribution in [0.4, 0.5) is 8.78 Å². The maximum atomic E-state index is 12.6. The minimum Gasteiger partial charge on any atom is -0.496 e. The van der Waals surface area contributed by atoms with Crippen LogP contribution >= 0.6 is 11.6 Å². The molecule has 0 amide bonds. The van der Waals surface area contributed by atoms with Crippen molar-refractivity contribution < 1.29 is 32.5 Å². The fraction of sp³-hybridized carbons (Fsp3) is 0.192. The van der Waals surface area contributed by atoms with Gasteiger partial charge in [0.2, 0.25) is 0 Å². The summed E-state index contributed by atoms with van der Waals surface area (Å²) < 4.78 is 45.7. The van der Waals surface area contributed by atoms with Crippen molar-refractivity contribution in [2.75, 3.05) is 14.2 Å². The second-order valence-corrected chi connectivity index (χ2v) is 7.64. The van der Waals surface area contributed by atoms with Gasteiger partial charge in [-0.2, -0.15) is 8.78 Å². The molecule has 0 aliphatic carbocycles. The molecule has 0 heterocycles. The zero-order valence-electron chi connectivity index (χ0n) is 18.8. The Balaban J connectivity index is 1.76. The summed E-state index contributed by atoms with van der Waals surface area (Å²) in [5.74, 6) is 0.747. The number of hydrogen-bond donors (Lipinski definition) is 0. The first-order valence-electron chi connectivity index (χ1n) is 10.2. The van der Waals surface area contributed by atoms with Crippen molar-refractivity contribution in [2.24, 2.45) is 0 Å². The van der Waals surface area contributed by atoms with E-state index in [9.17, 15) is 13.6 Å². The molecule has 0 radical (unpaired) electrons. The van der Waals surface area contributed by atoms with Crippen molar-refractivity contribution in [1.82, 2.24) is 0 Å². The maximum Gasteiger partial charge on any atom is 0.387 e. The molecule has 3 rings (SSSR count). The Morgan fingerprint density at radius 2 is 1.65 bits per heavy atom. The summed E-state index contributed by atoms with van der Waals surface area (Å²) >= 11 is 6.24. The summed E-state index contributed by atoms with van der Waals surface area (Å²) in [6, 6.07) is 15.0. The van der Waals surface area contributed by atoms with Crippen LogP contribution in [0, 0.1) is 6.92 Å². The number of methoxy groups -OCH3 is 2. The number of ketones is 1. The first-order chi connectivity index (χ1) is 16.3. The molecule has 5 nitrogen and oxygen atoms in total. The quantitative estimate of drug-likeness (QED) is 0.233. The Bertz CT molecular complexity index is 1190. The van der Waals surface area contributed by atoms with Crippen molar-refractivity contribution in [1.29, 1.82) is 0 Å². The van der Waals surface area contributed by atoms with Gasteiger partial charge in [-0.3, -0.25) is 4.79 Å². The Hall–Kier alpha value is -3.58. The number of rotatable bonds is 10. The zero-order valence-corrected chi connectivity index (χ0v) is 19.6. The van der Waals surface area contributed by atoms with E-state index in [0.29, 0.717) is 16.5 Å². The van der Waals surface area contributed by atoms with Crippen LogP contribution in [0.25, 0.3) is 6.08 Å². The monoisotopic (exact) mass is 488 g/mol. The van der Waals surface area contributed by atoms with Crippen molar-refractivity contribution in [2.45, 2.75) is 20.1 Å². The van der Waals surface area contributed by atoms with Gasteiger partial charge in [0, 0.05) is 11.1 Å². The van der Waals surface area contributed by atoms with Crippen LogP contribution < -0.4 is 18.9 Å². The SMILES string of the molecule is COc1ccc(/C=C/C(=O)c2ccc(OC(F)F)c(OC)c2)cc1COc1ccc(C)cc1Cl. The predicted octanol–water partition coefficient (Wildman–Crippen LogP) is 6.74. The van der Waals surface area contributed by atoms with Gasteiger partial charge >= 0.3 is 6.61 Å². The minimum absolute atomic E-state index is 0.0400. The van der Waals surface area contributed by atoms with Gasteiger partial charge in [-0.25, -0.2) is 0 Å². The van der Waals surface area contributed by atoms with Crippen molar-refractivity contribution >= 4 is 23.5 Å². The van der Waals surface area contributed by atoms with E-state index in [-0.39, 0.29) is 29.5 Å². The molecule has 3 aromatic rings. The second kappa shape index (κ2) is 11.5. The number of carbonyl (C=O) groups is 1. The highest BCUT2D eigenvalue weighted by Crippen LogP contribution is 2.30.